The van der Waals surface area contributed by atoms with Gasteiger partial charge in [-0.15, -0.1) is 0 Å². The average molecular weight is 213 g/mol. The normalized spacial score (nSPS) is 19.6. The van der Waals surface area contributed by atoms with E-state index in [9.17, 15) is 18.7 Å². The molecule has 0 fully saturated rings. The summed E-state index contributed by atoms with van der Waals surface area (Å²) in [5.74, 6) is -2.68. The lowest BCUT2D eigenvalue weighted by molar-refractivity contribution is 0.0187. The van der Waals surface area contributed by atoms with Gasteiger partial charge in [0.05, 0.1) is 11.1 Å². The van der Waals surface area contributed by atoms with Gasteiger partial charge in [0.15, 0.2) is 17.9 Å². The lowest BCUT2D eigenvalue weighted by atomic mass is 10.1. The summed E-state index contributed by atoms with van der Waals surface area (Å²) in [6.45, 7) is 1.90. The van der Waals surface area contributed by atoms with Gasteiger partial charge >= 0.3 is 0 Å². The van der Waals surface area contributed by atoms with E-state index in [0.717, 1.165) is 11.0 Å². The molecule has 2 rings (SSSR count). The fraction of sp³-hybridized carbons (Fsp3) is 0.300. The number of rotatable bonds is 1. The molecule has 0 aliphatic carbocycles. The topological polar surface area (TPSA) is 40.5 Å². The van der Waals surface area contributed by atoms with Gasteiger partial charge in [-0.05, 0) is 19.1 Å². The van der Waals surface area contributed by atoms with Crippen LogP contribution in [0.3, 0.4) is 0 Å². The van der Waals surface area contributed by atoms with Gasteiger partial charge in [0.25, 0.3) is 5.91 Å². The first-order valence-corrected chi connectivity index (χ1v) is 4.54. The summed E-state index contributed by atoms with van der Waals surface area (Å²) >= 11 is 0. The minimum Gasteiger partial charge on any atom is -0.369 e. The van der Waals surface area contributed by atoms with Crippen LogP contribution in [0.5, 0.6) is 0 Å². The number of aliphatic hydroxyl groups is 1. The van der Waals surface area contributed by atoms with Crippen LogP contribution >= 0.6 is 0 Å². The van der Waals surface area contributed by atoms with Crippen molar-refractivity contribution in [1.29, 1.82) is 0 Å². The van der Waals surface area contributed by atoms with E-state index in [0.29, 0.717) is 0 Å². The Bertz CT molecular complexity index is 434. The molecule has 1 atom stereocenters. The highest BCUT2D eigenvalue weighted by Gasteiger charge is 2.37. The first kappa shape index (κ1) is 10.0. The standard InChI is InChI=1S/C10H9F2NO2/c1-2-13-9(14)5-3-4-6(11)8(12)7(5)10(13)15/h3-4,10,15H,2H2,1H3. The molecule has 0 spiro atoms. The SMILES string of the molecule is CCN1C(=O)c2ccc(F)c(F)c2C1O. The fourth-order valence-electron chi connectivity index (χ4n) is 1.74. The number of benzene rings is 1. The van der Waals surface area contributed by atoms with Crippen LogP contribution < -0.4 is 0 Å². The molecule has 1 aromatic rings. The smallest absolute Gasteiger partial charge is 0.256 e. The summed E-state index contributed by atoms with van der Waals surface area (Å²) < 4.78 is 26.2. The number of amides is 1. The third-order valence-electron chi connectivity index (χ3n) is 2.52. The Morgan fingerprint density at radius 1 is 1.47 bits per heavy atom. The maximum atomic E-state index is 13.3. The van der Waals surface area contributed by atoms with E-state index in [-0.39, 0.29) is 17.7 Å². The second-order valence-corrected chi connectivity index (χ2v) is 3.29. The quantitative estimate of drug-likeness (QED) is 0.766. The van der Waals surface area contributed by atoms with Crippen LogP contribution in [0.25, 0.3) is 0 Å². The molecule has 1 unspecified atom stereocenters. The molecule has 3 nitrogen and oxygen atoms in total. The second kappa shape index (κ2) is 3.27. The summed E-state index contributed by atoms with van der Waals surface area (Å²) in [7, 11) is 0. The minimum absolute atomic E-state index is 0.0308. The Morgan fingerprint density at radius 3 is 2.73 bits per heavy atom. The van der Waals surface area contributed by atoms with Gasteiger partial charge < -0.3 is 10.0 Å². The number of hydrogen-bond donors (Lipinski definition) is 1. The van der Waals surface area contributed by atoms with Crippen molar-refractivity contribution < 1.29 is 18.7 Å². The zero-order valence-electron chi connectivity index (χ0n) is 8.00. The summed E-state index contributed by atoms with van der Waals surface area (Å²) in [5.41, 5.74) is -0.231. The predicted molar refractivity (Wildman–Crippen MR) is 48.0 cm³/mol. The second-order valence-electron chi connectivity index (χ2n) is 3.29. The predicted octanol–water partition coefficient (Wildman–Crippen LogP) is 1.43. The Balaban J connectivity index is 2.62. The molecule has 0 saturated carbocycles. The lowest BCUT2D eigenvalue weighted by Crippen LogP contribution is -2.27. The zero-order valence-corrected chi connectivity index (χ0v) is 8.00. The molecule has 15 heavy (non-hydrogen) atoms. The van der Waals surface area contributed by atoms with Crippen LogP contribution in [0.4, 0.5) is 8.78 Å². The monoisotopic (exact) mass is 213 g/mol. The van der Waals surface area contributed by atoms with Crippen molar-refractivity contribution in [2.75, 3.05) is 6.54 Å². The molecule has 1 aliphatic rings. The van der Waals surface area contributed by atoms with E-state index < -0.39 is 23.8 Å². The van der Waals surface area contributed by atoms with Crippen LogP contribution in [-0.4, -0.2) is 22.5 Å². The van der Waals surface area contributed by atoms with Crippen LogP contribution in [0.2, 0.25) is 0 Å². The van der Waals surface area contributed by atoms with Crippen molar-refractivity contribution in [3.05, 3.63) is 34.9 Å². The van der Waals surface area contributed by atoms with Crippen molar-refractivity contribution >= 4 is 5.91 Å². The highest BCUT2D eigenvalue weighted by molar-refractivity contribution is 5.98. The molecular formula is C10H9F2NO2. The average Bonchev–Trinajstić information content (AvgIpc) is 2.45. The van der Waals surface area contributed by atoms with Crippen LogP contribution in [0.1, 0.15) is 29.1 Å². The van der Waals surface area contributed by atoms with Gasteiger partial charge in [0.1, 0.15) is 0 Å². The highest BCUT2D eigenvalue weighted by atomic mass is 19.2. The molecule has 80 valence electrons. The van der Waals surface area contributed by atoms with Crippen LogP contribution in [0, 0.1) is 11.6 Å². The molecule has 0 aromatic heterocycles. The van der Waals surface area contributed by atoms with Crippen molar-refractivity contribution in [3.63, 3.8) is 0 Å². The number of halogens is 2. The van der Waals surface area contributed by atoms with Crippen molar-refractivity contribution in [3.8, 4) is 0 Å². The third kappa shape index (κ3) is 1.23. The Kier molecular flexibility index (Phi) is 2.19. The molecule has 1 aliphatic heterocycles. The van der Waals surface area contributed by atoms with Crippen molar-refractivity contribution in [2.24, 2.45) is 0 Å². The van der Waals surface area contributed by atoms with E-state index in [1.807, 2.05) is 0 Å². The molecular weight excluding hydrogens is 204 g/mol. The van der Waals surface area contributed by atoms with Gasteiger partial charge in [0.2, 0.25) is 0 Å². The molecule has 5 heteroatoms. The van der Waals surface area contributed by atoms with Crippen molar-refractivity contribution in [1.82, 2.24) is 4.90 Å². The van der Waals surface area contributed by atoms with Crippen LogP contribution in [0.15, 0.2) is 12.1 Å². The molecule has 0 radical (unpaired) electrons. The summed E-state index contributed by atoms with van der Waals surface area (Å²) in [6, 6.07) is 2.08. The minimum atomic E-state index is -1.38. The molecule has 1 amide bonds. The molecule has 1 N–H and O–H groups in total. The van der Waals surface area contributed by atoms with Gasteiger partial charge in [-0.3, -0.25) is 4.79 Å². The van der Waals surface area contributed by atoms with E-state index in [1.54, 1.807) is 6.92 Å². The van der Waals surface area contributed by atoms with Crippen molar-refractivity contribution in [2.45, 2.75) is 13.2 Å². The first-order valence-electron chi connectivity index (χ1n) is 4.54. The molecule has 0 saturated heterocycles. The molecule has 0 bridgehead atoms. The summed E-state index contributed by atoms with van der Waals surface area (Å²) in [6.07, 6.45) is -1.38. The van der Waals surface area contributed by atoms with Gasteiger partial charge in [0, 0.05) is 6.54 Å². The van der Waals surface area contributed by atoms with E-state index in [2.05, 4.69) is 0 Å². The van der Waals surface area contributed by atoms with Gasteiger partial charge in [-0.1, -0.05) is 0 Å². The third-order valence-corrected chi connectivity index (χ3v) is 2.52. The zero-order chi connectivity index (χ0) is 11.2. The molecule has 1 heterocycles. The number of fused-ring (bicyclic) bond motifs is 1. The Hall–Kier alpha value is -1.49. The number of nitrogens with zero attached hydrogens (tertiary/aromatic N) is 1. The summed E-state index contributed by atoms with van der Waals surface area (Å²) in [4.78, 5) is 12.7. The van der Waals surface area contributed by atoms with E-state index >= 15 is 0 Å². The largest absolute Gasteiger partial charge is 0.369 e. The first-order chi connectivity index (χ1) is 7.07. The maximum Gasteiger partial charge on any atom is 0.256 e. The lowest BCUT2D eigenvalue weighted by Gasteiger charge is -2.18. The highest BCUT2D eigenvalue weighted by Crippen LogP contribution is 2.34. The number of aliphatic hydroxyl groups excluding tert-OH is 1. The number of carbonyl (C=O) groups is 1. The number of carbonyl (C=O) groups excluding carboxylic acids is 1. The summed E-state index contributed by atoms with van der Waals surface area (Å²) in [5, 5.41) is 9.62. The fourth-order valence-corrected chi connectivity index (χ4v) is 1.74. The van der Waals surface area contributed by atoms with Gasteiger partial charge in [-0.25, -0.2) is 8.78 Å². The number of hydrogen-bond acceptors (Lipinski definition) is 2. The molecule has 1 aromatic carbocycles. The van der Waals surface area contributed by atoms with E-state index in [1.165, 1.54) is 6.07 Å². The Morgan fingerprint density at radius 2 is 2.13 bits per heavy atom. The van der Waals surface area contributed by atoms with E-state index in [4.69, 9.17) is 0 Å². The maximum absolute atomic E-state index is 13.3. The van der Waals surface area contributed by atoms with Gasteiger partial charge in [-0.2, -0.15) is 0 Å². The van der Waals surface area contributed by atoms with Crippen LogP contribution in [-0.2, 0) is 0 Å². The Labute approximate surface area is 84.9 Å².